The molecule has 0 spiro atoms. The van der Waals surface area contributed by atoms with Crippen molar-refractivity contribution in [1.29, 1.82) is 0 Å². The van der Waals surface area contributed by atoms with Crippen LogP contribution >= 0.6 is 22.7 Å². The van der Waals surface area contributed by atoms with Crippen LogP contribution in [0.25, 0.3) is 0 Å². The zero-order valence-corrected chi connectivity index (χ0v) is 17.5. The van der Waals surface area contributed by atoms with Crippen LogP contribution in [0.3, 0.4) is 0 Å². The second kappa shape index (κ2) is 9.26. The Labute approximate surface area is 167 Å². The molecule has 1 aliphatic heterocycles. The lowest BCUT2D eigenvalue weighted by molar-refractivity contribution is -0.119. The molecule has 0 aromatic carbocycles. The van der Waals surface area contributed by atoms with E-state index in [1.54, 1.807) is 23.5 Å². The lowest BCUT2D eigenvalue weighted by Crippen LogP contribution is -2.43. The summed E-state index contributed by atoms with van der Waals surface area (Å²) in [7, 11) is -3.60. The average molecular weight is 430 g/mol. The number of nitrogens with one attached hydrogen (secondary N) is 2. The molecular formula is C17H23N3O4S3. The van der Waals surface area contributed by atoms with Gasteiger partial charge in [0.2, 0.25) is 15.9 Å². The molecule has 1 saturated heterocycles. The van der Waals surface area contributed by atoms with Gasteiger partial charge in [-0.25, -0.2) is 13.1 Å². The van der Waals surface area contributed by atoms with Gasteiger partial charge in [0.05, 0.1) is 25.8 Å². The predicted octanol–water partition coefficient (Wildman–Crippen LogP) is 1.80. The van der Waals surface area contributed by atoms with E-state index in [1.807, 2.05) is 17.5 Å². The number of hydrogen-bond acceptors (Lipinski definition) is 7. The number of thiophene rings is 2. The maximum Gasteiger partial charge on any atom is 0.250 e. The molecule has 27 heavy (non-hydrogen) atoms. The molecule has 1 amide bonds. The van der Waals surface area contributed by atoms with Gasteiger partial charge in [-0.15, -0.1) is 22.7 Å². The van der Waals surface area contributed by atoms with E-state index in [9.17, 15) is 13.2 Å². The Balaban J connectivity index is 1.67. The Morgan fingerprint density at radius 1 is 1.30 bits per heavy atom. The van der Waals surface area contributed by atoms with Gasteiger partial charge in [0, 0.05) is 36.3 Å². The van der Waals surface area contributed by atoms with Crippen LogP contribution in [-0.2, 0) is 26.1 Å². The summed E-state index contributed by atoms with van der Waals surface area (Å²) in [5.41, 5.74) is 0. The van der Waals surface area contributed by atoms with E-state index < -0.39 is 10.0 Å². The second-order valence-corrected chi connectivity index (χ2v) is 10.3. The van der Waals surface area contributed by atoms with Crippen LogP contribution in [0.2, 0.25) is 0 Å². The van der Waals surface area contributed by atoms with Crippen molar-refractivity contribution in [2.24, 2.45) is 0 Å². The number of amides is 1. The van der Waals surface area contributed by atoms with Crippen LogP contribution in [-0.4, -0.2) is 52.1 Å². The molecular weight excluding hydrogens is 406 g/mol. The van der Waals surface area contributed by atoms with E-state index in [2.05, 4.69) is 14.9 Å². The fourth-order valence-corrected chi connectivity index (χ4v) is 6.09. The highest BCUT2D eigenvalue weighted by atomic mass is 32.2. The molecule has 1 atom stereocenters. The summed E-state index contributed by atoms with van der Waals surface area (Å²) in [6.07, 6.45) is 0. The Kier molecular flexibility index (Phi) is 7.01. The molecule has 0 aliphatic carbocycles. The predicted molar refractivity (Wildman–Crippen MR) is 106 cm³/mol. The lowest BCUT2D eigenvalue weighted by atomic mass is 10.2. The number of morpholine rings is 1. The third-order valence-corrected chi connectivity index (χ3v) is 8.21. The zero-order valence-electron chi connectivity index (χ0n) is 15.0. The Morgan fingerprint density at radius 3 is 2.74 bits per heavy atom. The Bertz CT molecular complexity index is 843. The number of sulfonamides is 1. The molecule has 1 unspecified atom stereocenters. The molecule has 10 heteroatoms. The topological polar surface area (TPSA) is 87.7 Å². The molecule has 0 saturated carbocycles. The van der Waals surface area contributed by atoms with E-state index in [0.29, 0.717) is 26.3 Å². The maximum absolute atomic E-state index is 12.7. The summed E-state index contributed by atoms with van der Waals surface area (Å²) in [5.74, 6) is -0.143. The normalized spacial score (nSPS) is 16.9. The van der Waals surface area contributed by atoms with Gasteiger partial charge in [0.15, 0.2) is 0 Å². The van der Waals surface area contributed by atoms with Gasteiger partial charge in [-0.1, -0.05) is 6.07 Å². The van der Waals surface area contributed by atoms with Gasteiger partial charge in [-0.05, 0) is 23.6 Å². The molecule has 3 rings (SSSR count). The van der Waals surface area contributed by atoms with E-state index in [1.165, 1.54) is 18.3 Å². The Hall–Kier alpha value is -1.30. The van der Waals surface area contributed by atoms with Gasteiger partial charge >= 0.3 is 0 Å². The molecule has 7 nitrogen and oxygen atoms in total. The number of carbonyl (C=O) groups is 1. The van der Waals surface area contributed by atoms with Crippen LogP contribution in [0, 0.1) is 0 Å². The molecule has 0 bridgehead atoms. The van der Waals surface area contributed by atoms with Gasteiger partial charge < -0.3 is 10.1 Å². The molecule has 148 valence electrons. The average Bonchev–Trinajstić information content (AvgIpc) is 3.33. The quantitative estimate of drug-likeness (QED) is 0.668. The second-order valence-electron chi connectivity index (χ2n) is 6.16. The van der Waals surface area contributed by atoms with E-state index >= 15 is 0 Å². The fraction of sp³-hybridized carbons (Fsp3) is 0.471. The standard InChI is InChI=1S/C17H23N3O4S3/c1-13(21)18-11-14-4-5-17(26-14)27(22,23)19-12-15(16-3-2-10-25-16)20-6-8-24-9-7-20/h2-5,10,15,19H,6-9,11-12H2,1H3,(H,18,21). The van der Waals surface area contributed by atoms with Gasteiger partial charge in [-0.3, -0.25) is 9.69 Å². The molecule has 2 aromatic rings. The summed E-state index contributed by atoms with van der Waals surface area (Å²) < 4.78 is 33.9. The minimum atomic E-state index is -3.60. The van der Waals surface area contributed by atoms with Crippen molar-refractivity contribution in [2.75, 3.05) is 32.8 Å². The SMILES string of the molecule is CC(=O)NCc1ccc(S(=O)(=O)NCC(c2cccs2)N2CCOCC2)s1. The van der Waals surface area contributed by atoms with Gasteiger partial charge in [-0.2, -0.15) is 0 Å². The summed E-state index contributed by atoms with van der Waals surface area (Å²) in [4.78, 5) is 15.2. The zero-order chi connectivity index (χ0) is 19.3. The molecule has 1 aliphatic rings. The van der Waals surface area contributed by atoms with Crippen LogP contribution in [0.1, 0.15) is 22.7 Å². The largest absolute Gasteiger partial charge is 0.379 e. The highest BCUT2D eigenvalue weighted by Gasteiger charge is 2.26. The van der Waals surface area contributed by atoms with Gasteiger partial charge in [0.25, 0.3) is 0 Å². The van der Waals surface area contributed by atoms with Crippen molar-refractivity contribution < 1.29 is 17.9 Å². The first-order valence-corrected chi connectivity index (χ1v) is 11.8. The summed E-state index contributed by atoms with van der Waals surface area (Å²) >= 11 is 2.80. The van der Waals surface area contributed by atoms with Crippen LogP contribution in [0.4, 0.5) is 0 Å². The number of nitrogens with zero attached hydrogens (tertiary/aromatic N) is 1. The number of rotatable bonds is 8. The monoisotopic (exact) mass is 429 g/mol. The van der Waals surface area contributed by atoms with E-state index in [4.69, 9.17) is 4.74 Å². The van der Waals surface area contributed by atoms with Crippen molar-refractivity contribution >= 4 is 38.6 Å². The molecule has 2 aromatic heterocycles. The first kappa shape index (κ1) is 20.4. The third kappa shape index (κ3) is 5.59. The highest BCUT2D eigenvalue weighted by molar-refractivity contribution is 7.91. The van der Waals surface area contributed by atoms with E-state index in [0.717, 1.165) is 22.8 Å². The molecule has 2 N–H and O–H groups in total. The summed E-state index contributed by atoms with van der Waals surface area (Å²) in [5, 5.41) is 4.68. The summed E-state index contributed by atoms with van der Waals surface area (Å²) in [6, 6.07) is 7.32. The van der Waals surface area contributed by atoms with Crippen molar-refractivity contribution in [1.82, 2.24) is 14.9 Å². The van der Waals surface area contributed by atoms with Crippen molar-refractivity contribution in [2.45, 2.75) is 23.7 Å². The first-order valence-electron chi connectivity index (χ1n) is 8.64. The van der Waals surface area contributed by atoms with Crippen LogP contribution in [0.5, 0.6) is 0 Å². The van der Waals surface area contributed by atoms with Crippen molar-refractivity contribution in [3.63, 3.8) is 0 Å². The Morgan fingerprint density at radius 2 is 2.07 bits per heavy atom. The lowest BCUT2D eigenvalue weighted by Gasteiger charge is -2.34. The summed E-state index contributed by atoms with van der Waals surface area (Å²) in [6.45, 7) is 4.96. The van der Waals surface area contributed by atoms with Crippen LogP contribution in [0.15, 0.2) is 33.9 Å². The number of hydrogen-bond donors (Lipinski definition) is 2. The molecule has 0 radical (unpaired) electrons. The minimum Gasteiger partial charge on any atom is -0.379 e. The van der Waals surface area contributed by atoms with E-state index in [-0.39, 0.29) is 16.2 Å². The fourth-order valence-electron chi connectivity index (χ4n) is 2.85. The number of carbonyl (C=O) groups excluding carboxylic acids is 1. The van der Waals surface area contributed by atoms with Crippen molar-refractivity contribution in [3.05, 3.63) is 39.4 Å². The minimum absolute atomic E-state index is 0.0116. The molecule has 1 fully saturated rings. The van der Waals surface area contributed by atoms with Crippen LogP contribution < -0.4 is 10.0 Å². The molecule has 3 heterocycles. The highest BCUT2D eigenvalue weighted by Crippen LogP contribution is 2.27. The van der Waals surface area contributed by atoms with Gasteiger partial charge in [0.1, 0.15) is 4.21 Å². The third-order valence-electron chi connectivity index (χ3n) is 4.24. The van der Waals surface area contributed by atoms with Crippen molar-refractivity contribution in [3.8, 4) is 0 Å². The number of ether oxygens (including phenoxy) is 1. The maximum atomic E-state index is 12.7. The first-order chi connectivity index (χ1) is 13.0. The smallest absolute Gasteiger partial charge is 0.250 e.